The third-order valence-electron chi connectivity index (χ3n) is 4.84. The van der Waals surface area contributed by atoms with Gasteiger partial charge in [0.25, 0.3) is 0 Å². The lowest BCUT2D eigenvalue weighted by Gasteiger charge is -2.20. The largest absolute Gasteiger partial charge is 0.355 e. The number of carbonyl (C=O) groups is 1. The highest BCUT2D eigenvalue weighted by Gasteiger charge is 2.42. The number of rotatable bonds is 6. The van der Waals surface area contributed by atoms with Crippen molar-refractivity contribution < 1.29 is 9.18 Å². The van der Waals surface area contributed by atoms with Gasteiger partial charge in [-0.3, -0.25) is 4.79 Å². The van der Waals surface area contributed by atoms with Crippen LogP contribution in [0.25, 0.3) is 0 Å². The van der Waals surface area contributed by atoms with Crippen molar-refractivity contribution in [3.63, 3.8) is 0 Å². The summed E-state index contributed by atoms with van der Waals surface area (Å²) in [5.41, 5.74) is 0.738. The van der Waals surface area contributed by atoms with Gasteiger partial charge in [0.1, 0.15) is 5.82 Å². The molecule has 1 aromatic rings. The second kappa shape index (κ2) is 6.82. The molecule has 2 aliphatic carbocycles. The summed E-state index contributed by atoms with van der Waals surface area (Å²) in [6, 6.07) is 6.87. The minimum Gasteiger partial charge on any atom is -0.355 e. The van der Waals surface area contributed by atoms with Crippen LogP contribution in [0.1, 0.15) is 31.2 Å². The molecular weight excluding hydrogens is 285 g/mol. The number of amides is 1. The average molecular weight is 307 g/mol. The fourth-order valence-electron chi connectivity index (χ4n) is 3.74. The third-order valence-corrected chi connectivity index (χ3v) is 5.84. The first kappa shape index (κ1) is 14.9. The summed E-state index contributed by atoms with van der Waals surface area (Å²) >= 11 is 1.67. The van der Waals surface area contributed by atoms with Gasteiger partial charge in [-0.2, -0.15) is 11.8 Å². The summed E-state index contributed by atoms with van der Waals surface area (Å²) in [5, 5.41) is 3.06. The van der Waals surface area contributed by atoms with Gasteiger partial charge in [-0.1, -0.05) is 24.6 Å². The summed E-state index contributed by atoms with van der Waals surface area (Å²) < 4.78 is 13.4. The van der Waals surface area contributed by atoms with Gasteiger partial charge in [-0.25, -0.2) is 4.39 Å². The quantitative estimate of drug-likeness (QED) is 0.813. The zero-order valence-corrected chi connectivity index (χ0v) is 13.0. The molecule has 0 aliphatic heterocycles. The first-order valence-corrected chi connectivity index (χ1v) is 8.98. The Morgan fingerprint density at radius 3 is 2.86 bits per heavy atom. The maximum Gasteiger partial charge on any atom is 0.223 e. The number of hydrogen-bond donors (Lipinski definition) is 1. The normalized spacial score (nSPS) is 27.0. The van der Waals surface area contributed by atoms with Gasteiger partial charge in [0.2, 0.25) is 5.91 Å². The molecule has 0 radical (unpaired) electrons. The van der Waals surface area contributed by atoms with Crippen LogP contribution < -0.4 is 5.32 Å². The SMILES string of the molecule is O=C(NCCSCc1ccccc1F)C1CC2CCC1C2. The molecular formula is C17H22FNOS. The van der Waals surface area contributed by atoms with E-state index in [0.29, 0.717) is 18.2 Å². The second-order valence-corrected chi connectivity index (χ2v) is 7.32. The molecule has 21 heavy (non-hydrogen) atoms. The standard InChI is InChI=1S/C17H22FNOS/c18-16-4-2-1-3-14(16)11-21-8-7-19-17(20)15-10-12-5-6-13(15)9-12/h1-4,12-13,15H,5-11H2,(H,19,20). The number of halogens is 1. The van der Waals surface area contributed by atoms with E-state index in [9.17, 15) is 9.18 Å². The van der Waals surface area contributed by atoms with Gasteiger partial charge in [0.15, 0.2) is 0 Å². The number of fused-ring (bicyclic) bond motifs is 2. The lowest BCUT2D eigenvalue weighted by Crippen LogP contribution is -2.34. The molecule has 2 bridgehead atoms. The van der Waals surface area contributed by atoms with Crippen molar-refractivity contribution in [2.24, 2.45) is 17.8 Å². The van der Waals surface area contributed by atoms with E-state index in [2.05, 4.69) is 5.32 Å². The Kier molecular flexibility index (Phi) is 4.84. The molecule has 0 spiro atoms. The molecule has 2 nitrogen and oxygen atoms in total. The molecule has 114 valence electrons. The van der Waals surface area contributed by atoms with Crippen LogP contribution in [0.15, 0.2) is 24.3 Å². The number of benzene rings is 1. The van der Waals surface area contributed by atoms with E-state index in [0.717, 1.165) is 23.7 Å². The minimum absolute atomic E-state index is 0.143. The molecule has 2 fully saturated rings. The molecule has 3 atom stereocenters. The van der Waals surface area contributed by atoms with E-state index in [1.54, 1.807) is 17.8 Å². The maximum atomic E-state index is 13.4. The van der Waals surface area contributed by atoms with Gasteiger partial charge in [-0.05, 0) is 42.7 Å². The Bertz CT molecular complexity index is 507. The topological polar surface area (TPSA) is 29.1 Å². The molecule has 1 N–H and O–H groups in total. The Morgan fingerprint density at radius 2 is 2.14 bits per heavy atom. The van der Waals surface area contributed by atoms with Crippen LogP contribution in [0.5, 0.6) is 0 Å². The number of carbonyl (C=O) groups excluding carboxylic acids is 1. The van der Waals surface area contributed by atoms with Crippen LogP contribution >= 0.6 is 11.8 Å². The maximum absolute atomic E-state index is 13.4. The summed E-state index contributed by atoms with van der Waals surface area (Å²) in [4.78, 5) is 12.1. The van der Waals surface area contributed by atoms with Crippen molar-refractivity contribution >= 4 is 17.7 Å². The van der Waals surface area contributed by atoms with E-state index < -0.39 is 0 Å². The molecule has 2 saturated carbocycles. The first-order valence-electron chi connectivity index (χ1n) is 7.83. The molecule has 0 saturated heterocycles. The van der Waals surface area contributed by atoms with Crippen LogP contribution in [0.4, 0.5) is 4.39 Å². The Morgan fingerprint density at radius 1 is 1.29 bits per heavy atom. The van der Waals surface area contributed by atoms with Crippen molar-refractivity contribution in [2.45, 2.75) is 31.4 Å². The van der Waals surface area contributed by atoms with Crippen molar-refractivity contribution in [3.8, 4) is 0 Å². The highest BCUT2D eigenvalue weighted by molar-refractivity contribution is 7.98. The molecule has 4 heteroatoms. The lowest BCUT2D eigenvalue weighted by atomic mass is 9.88. The van der Waals surface area contributed by atoms with Crippen LogP contribution in [-0.4, -0.2) is 18.2 Å². The van der Waals surface area contributed by atoms with Gasteiger partial charge in [0, 0.05) is 24.0 Å². The minimum atomic E-state index is -0.143. The molecule has 1 amide bonds. The van der Waals surface area contributed by atoms with Crippen LogP contribution in [0.3, 0.4) is 0 Å². The second-order valence-electron chi connectivity index (χ2n) is 6.22. The first-order chi connectivity index (χ1) is 10.2. The van der Waals surface area contributed by atoms with Crippen molar-refractivity contribution in [1.29, 1.82) is 0 Å². The highest BCUT2D eigenvalue weighted by atomic mass is 32.2. The summed E-state index contributed by atoms with van der Waals surface area (Å²) in [6.07, 6.45) is 4.93. The summed E-state index contributed by atoms with van der Waals surface area (Å²) in [5.74, 6) is 3.31. The highest BCUT2D eigenvalue weighted by Crippen LogP contribution is 2.48. The molecule has 2 aliphatic rings. The third kappa shape index (κ3) is 3.60. The van der Waals surface area contributed by atoms with Crippen molar-refractivity contribution in [3.05, 3.63) is 35.6 Å². The Hall–Kier alpha value is -1.03. The lowest BCUT2D eigenvalue weighted by molar-refractivity contribution is -0.126. The van der Waals surface area contributed by atoms with Crippen LogP contribution in [-0.2, 0) is 10.5 Å². The van der Waals surface area contributed by atoms with E-state index >= 15 is 0 Å². The zero-order valence-electron chi connectivity index (χ0n) is 12.2. The predicted molar refractivity (Wildman–Crippen MR) is 84.5 cm³/mol. The van der Waals surface area contributed by atoms with Gasteiger partial charge >= 0.3 is 0 Å². The van der Waals surface area contributed by atoms with E-state index in [1.807, 2.05) is 12.1 Å². The summed E-state index contributed by atoms with van der Waals surface area (Å²) in [7, 11) is 0. The molecule has 0 heterocycles. The number of thioether (sulfide) groups is 1. The number of nitrogens with one attached hydrogen (secondary N) is 1. The Labute approximate surface area is 129 Å². The van der Waals surface area contributed by atoms with Gasteiger partial charge < -0.3 is 5.32 Å². The van der Waals surface area contributed by atoms with Crippen LogP contribution in [0.2, 0.25) is 0 Å². The zero-order chi connectivity index (χ0) is 14.7. The van der Waals surface area contributed by atoms with Crippen LogP contribution in [0, 0.1) is 23.6 Å². The fourth-order valence-corrected chi connectivity index (χ4v) is 4.59. The van der Waals surface area contributed by atoms with E-state index in [4.69, 9.17) is 0 Å². The summed E-state index contributed by atoms with van der Waals surface area (Å²) in [6.45, 7) is 0.686. The molecule has 0 aromatic heterocycles. The monoisotopic (exact) mass is 307 g/mol. The molecule has 3 rings (SSSR count). The smallest absolute Gasteiger partial charge is 0.223 e. The predicted octanol–water partition coefficient (Wildman–Crippen LogP) is 3.61. The molecule has 3 unspecified atom stereocenters. The molecule has 1 aromatic carbocycles. The fraction of sp³-hybridized carbons (Fsp3) is 0.588. The average Bonchev–Trinajstić information content (AvgIpc) is 3.11. The van der Waals surface area contributed by atoms with E-state index in [-0.39, 0.29) is 17.6 Å². The Balaban J connectivity index is 1.33. The van der Waals surface area contributed by atoms with Crippen molar-refractivity contribution in [2.75, 3.05) is 12.3 Å². The number of hydrogen-bond acceptors (Lipinski definition) is 2. The van der Waals surface area contributed by atoms with E-state index in [1.165, 1.54) is 25.3 Å². The van der Waals surface area contributed by atoms with Crippen molar-refractivity contribution in [1.82, 2.24) is 5.32 Å². The van der Waals surface area contributed by atoms with Gasteiger partial charge in [-0.15, -0.1) is 0 Å². The van der Waals surface area contributed by atoms with Gasteiger partial charge in [0.05, 0.1) is 0 Å².